The van der Waals surface area contributed by atoms with Crippen LogP contribution in [0.15, 0.2) is 0 Å². The standard InChI is InChI=1S/C7H15NO6/c1-7(14,6(8)13)5(12)4(11)3(10)2-9/h3-5,9-12,14H,2H2,1H3,(H2,8,13)/t3-,4-,5+,7-/m1/s1/i1D. The lowest BCUT2D eigenvalue weighted by Gasteiger charge is -2.30. The lowest BCUT2D eigenvalue weighted by molar-refractivity contribution is -0.169. The van der Waals surface area contributed by atoms with Crippen molar-refractivity contribution < 1.29 is 31.7 Å². The van der Waals surface area contributed by atoms with Crippen LogP contribution in [0.2, 0.25) is 0 Å². The number of aliphatic hydroxyl groups excluding tert-OH is 4. The Morgan fingerprint density at radius 1 is 1.57 bits per heavy atom. The lowest BCUT2D eigenvalue weighted by Crippen LogP contribution is -2.58. The van der Waals surface area contributed by atoms with Crippen LogP contribution in [0.1, 0.15) is 8.27 Å². The molecule has 7 N–H and O–H groups in total. The number of hydrogen-bond donors (Lipinski definition) is 6. The molecule has 0 aromatic heterocycles. The van der Waals surface area contributed by atoms with E-state index in [2.05, 4.69) is 0 Å². The minimum atomic E-state index is -2.66. The Balaban J connectivity index is 4.79. The minimum absolute atomic E-state index is 0.870. The van der Waals surface area contributed by atoms with Crippen molar-refractivity contribution in [3.05, 3.63) is 0 Å². The molecule has 0 spiro atoms. The van der Waals surface area contributed by atoms with E-state index in [4.69, 9.17) is 17.3 Å². The third-order valence-electron chi connectivity index (χ3n) is 1.82. The number of carbonyl (C=O) groups excluding carboxylic acids is 1. The summed E-state index contributed by atoms with van der Waals surface area (Å²) in [5.74, 6) is -1.39. The molecule has 0 fully saturated rings. The molecule has 14 heavy (non-hydrogen) atoms. The van der Waals surface area contributed by atoms with Gasteiger partial charge in [0.05, 0.1) is 6.61 Å². The van der Waals surface area contributed by atoms with E-state index < -0.39 is 43.3 Å². The van der Waals surface area contributed by atoms with Crippen molar-refractivity contribution in [1.29, 1.82) is 0 Å². The van der Waals surface area contributed by atoms with Gasteiger partial charge in [-0.2, -0.15) is 0 Å². The molecule has 0 aromatic carbocycles. The van der Waals surface area contributed by atoms with E-state index in [1.165, 1.54) is 0 Å². The number of nitrogens with two attached hydrogens (primary N) is 1. The van der Waals surface area contributed by atoms with Crippen molar-refractivity contribution in [2.24, 2.45) is 5.73 Å². The second-order valence-corrected chi connectivity index (χ2v) is 2.97. The van der Waals surface area contributed by atoms with Crippen LogP contribution in [0.5, 0.6) is 0 Å². The van der Waals surface area contributed by atoms with Crippen molar-refractivity contribution in [2.45, 2.75) is 30.8 Å². The van der Waals surface area contributed by atoms with Gasteiger partial charge >= 0.3 is 0 Å². The van der Waals surface area contributed by atoms with Crippen LogP contribution >= 0.6 is 0 Å². The van der Waals surface area contributed by atoms with Gasteiger partial charge in [-0.05, 0) is 6.90 Å². The first-order valence-electron chi connectivity index (χ1n) is 4.48. The van der Waals surface area contributed by atoms with Gasteiger partial charge in [-0.25, -0.2) is 0 Å². The molecule has 0 bridgehead atoms. The summed E-state index contributed by atoms with van der Waals surface area (Å²) in [6, 6.07) is 0. The maximum atomic E-state index is 10.7. The van der Waals surface area contributed by atoms with E-state index in [-0.39, 0.29) is 0 Å². The molecule has 0 saturated heterocycles. The molecule has 0 aliphatic heterocycles. The summed E-state index contributed by atoms with van der Waals surface area (Å²) < 4.78 is 6.84. The Hall–Kier alpha value is -0.730. The van der Waals surface area contributed by atoms with Gasteiger partial charge in [0, 0.05) is 1.37 Å². The number of aliphatic hydroxyl groups is 5. The molecular formula is C7H15NO6. The Morgan fingerprint density at radius 3 is 2.36 bits per heavy atom. The highest BCUT2D eigenvalue weighted by atomic mass is 16.4. The number of primary amides is 1. The van der Waals surface area contributed by atoms with Gasteiger partial charge in [0.2, 0.25) is 0 Å². The summed E-state index contributed by atoms with van der Waals surface area (Å²) in [4.78, 5) is 10.7. The summed E-state index contributed by atoms with van der Waals surface area (Å²) in [7, 11) is 0. The van der Waals surface area contributed by atoms with Crippen LogP contribution in [0.4, 0.5) is 0 Å². The fourth-order valence-corrected chi connectivity index (χ4v) is 0.747. The number of carbonyl (C=O) groups is 1. The zero-order valence-electron chi connectivity index (χ0n) is 8.37. The second kappa shape index (κ2) is 4.67. The van der Waals surface area contributed by atoms with Crippen molar-refractivity contribution in [3.63, 3.8) is 0 Å². The molecule has 1 amide bonds. The SMILES string of the molecule is [2H]C[C@](O)(C(N)=O)[C@@H](O)[C@H](O)[C@H](O)CO. The molecule has 7 nitrogen and oxygen atoms in total. The zero-order chi connectivity index (χ0) is 12.2. The van der Waals surface area contributed by atoms with Gasteiger partial charge in [-0.3, -0.25) is 4.79 Å². The van der Waals surface area contributed by atoms with Gasteiger partial charge in [0.1, 0.15) is 18.3 Å². The average Bonchev–Trinajstić information content (AvgIpc) is 2.24. The third kappa shape index (κ3) is 2.63. The first kappa shape index (κ1) is 11.3. The van der Waals surface area contributed by atoms with Crippen LogP contribution in [0.25, 0.3) is 0 Å². The molecular weight excluding hydrogens is 194 g/mol. The van der Waals surface area contributed by atoms with Gasteiger partial charge < -0.3 is 31.3 Å². The summed E-state index contributed by atoms with van der Waals surface area (Å²) in [5.41, 5.74) is 2.08. The zero-order valence-corrected chi connectivity index (χ0v) is 7.37. The lowest BCUT2D eigenvalue weighted by atomic mass is 9.91. The maximum Gasteiger partial charge on any atom is 0.251 e. The fourth-order valence-electron chi connectivity index (χ4n) is 0.747. The highest BCUT2D eigenvalue weighted by molar-refractivity contribution is 5.83. The smallest absolute Gasteiger partial charge is 0.251 e. The summed E-state index contributed by atoms with van der Waals surface area (Å²) in [5, 5.41) is 45.3. The van der Waals surface area contributed by atoms with Crippen molar-refractivity contribution in [3.8, 4) is 0 Å². The molecule has 0 aliphatic rings. The Kier molecular flexibility index (Phi) is 3.78. The quantitative estimate of drug-likeness (QED) is 0.275. The summed E-state index contributed by atoms with van der Waals surface area (Å²) in [6.07, 6.45) is -5.86. The van der Waals surface area contributed by atoms with Gasteiger partial charge in [-0.1, -0.05) is 0 Å². The normalized spacial score (nSPS) is 23.1. The topological polar surface area (TPSA) is 144 Å². The molecule has 0 aromatic rings. The maximum absolute atomic E-state index is 10.7. The Labute approximate surface area is 81.8 Å². The van der Waals surface area contributed by atoms with Crippen molar-refractivity contribution in [1.82, 2.24) is 0 Å². The van der Waals surface area contributed by atoms with Gasteiger partial charge in [0.15, 0.2) is 5.60 Å². The van der Waals surface area contributed by atoms with Crippen LogP contribution in [0, 0.1) is 0 Å². The monoisotopic (exact) mass is 210 g/mol. The molecule has 0 rings (SSSR count). The highest BCUT2D eigenvalue weighted by Gasteiger charge is 2.43. The fraction of sp³-hybridized carbons (Fsp3) is 0.857. The molecule has 0 unspecified atom stereocenters. The predicted octanol–water partition coefficient (Wildman–Crippen LogP) is -3.70. The second-order valence-electron chi connectivity index (χ2n) is 2.97. The van der Waals surface area contributed by atoms with E-state index in [1.807, 2.05) is 0 Å². The molecule has 84 valence electrons. The van der Waals surface area contributed by atoms with E-state index in [1.54, 1.807) is 0 Å². The Morgan fingerprint density at radius 2 is 2.07 bits per heavy atom. The van der Waals surface area contributed by atoms with Crippen LogP contribution in [0.3, 0.4) is 0 Å². The van der Waals surface area contributed by atoms with E-state index in [0.717, 1.165) is 0 Å². The van der Waals surface area contributed by atoms with Crippen LogP contribution < -0.4 is 5.73 Å². The van der Waals surface area contributed by atoms with Crippen molar-refractivity contribution >= 4 is 5.91 Å². The van der Waals surface area contributed by atoms with Crippen LogP contribution in [-0.4, -0.2) is 62.0 Å². The predicted molar refractivity (Wildman–Crippen MR) is 44.9 cm³/mol. The molecule has 7 heteroatoms. The van der Waals surface area contributed by atoms with Gasteiger partial charge in [0.25, 0.3) is 5.91 Å². The molecule has 0 saturated carbocycles. The van der Waals surface area contributed by atoms with E-state index in [9.17, 15) is 20.1 Å². The highest BCUT2D eigenvalue weighted by Crippen LogP contribution is 2.14. The first-order chi connectivity index (χ1) is 6.81. The van der Waals surface area contributed by atoms with E-state index in [0.29, 0.717) is 0 Å². The summed E-state index contributed by atoms with van der Waals surface area (Å²) in [6.45, 7) is -1.84. The number of amides is 1. The molecule has 0 radical (unpaired) electrons. The largest absolute Gasteiger partial charge is 0.394 e. The minimum Gasteiger partial charge on any atom is -0.394 e. The van der Waals surface area contributed by atoms with Crippen LogP contribution in [-0.2, 0) is 4.79 Å². The first-order valence-corrected chi connectivity index (χ1v) is 3.77. The molecule has 0 aliphatic carbocycles. The number of hydrogen-bond acceptors (Lipinski definition) is 6. The Bertz CT molecular complexity index is 228. The third-order valence-corrected chi connectivity index (χ3v) is 1.82. The van der Waals surface area contributed by atoms with Crippen molar-refractivity contribution in [2.75, 3.05) is 6.61 Å². The average molecular weight is 210 g/mol. The number of rotatable bonds is 5. The van der Waals surface area contributed by atoms with Gasteiger partial charge in [-0.15, -0.1) is 0 Å². The molecule has 0 heterocycles. The van der Waals surface area contributed by atoms with E-state index >= 15 is 0 Å². The molecule has 4 atom stereocenters. The summed E-state index contributed by atoms with van der Waals surface area (Å²) >= 11 is 0.